The summed E-state index contributed by atoms with van der Waals surface area (Å²) in [6.45, 7) is 4.62. The molecule has 2 heterocycles. The predicted octanol–water partition coefficient (Wildman–Crippen LogP) is 2.76. The van der Waals surface area contributed by atoms with Gasteiger partial charge in [0.1, 0.15) is 5.84 Å². The summed E-state index contributed by atoms with van der Waals surface area (Å²) in [5.74, 6) is 0.589. The van der Waals surface area contributed by atoms with Gasteiger partial charge in [-0.15, -0.1) is 0 Å². The molecule has 5 nitrogen and oxygen atoms in total. The van der Waals surface area contributed by atoms with Gasteiger partial charge in [0, 0.05) is 49.7 Å². The van der Waals surface area contributed by atoms with Crippen LogP contribution in [0.5, 0.6) is 0 Å². The molecule has 0 aliphatic carbocycles. The maximum atomic E-state index is 6.37. The van der Waals surface area contributed by atoms with Crippen molar-refractivity contribution < 1.29 is 0 Å². The number of aromatic nitrogens is 1. The minimum absolute atomic E-state index is 0.589. The number of nitrogens with one attached hydrogen (secondary N) is 1. The fourth-order valence-electron chi connectivity index (χ4n) is 2.94. The monoisotopic (exact) mass is 335 g/mol. The third kappa shape index (κ3) is 4.67. The Morgan fingerprint density at radius 3 is 2.96 bits per heavy atom. The number of amidine groups is 1. The van der Waals surface area contributed by atoms with Gasteiger partial charge in [0.05, 0.1) is 5.69 Å². The SMILES string of the molecule is Cc1cccc(N=C(N)C2=C(NCc3cccnc3)CCN(C)C2)c1. The van der Waals surface area contributed by atoms with Gasteiger partial charge in [0.25, 0.3) is 0 Å². The number of rotatable bonds is 5. The number of nitrogens with two attached hydrogens (primary N) is 1. The van der Waals surface area contributed by atoms with Crippen LogP contribution >= 0.6 is 0 Å². The Morgan fingerprint density at radius 1 is 1.32 bits per heavy atom. The molecule has 25 heavy (non-hydrogen) atoms. The van der Waals surface area contributed by atoms with E-state index in [2.05, 4.69) is 46.3 Å². The van der Waals surface area contributed by atoms with Crippen molar-refractivity contribution in [2.45, 2.75) is 19.9 Å². The molecule has 0 radical (unpaired) electrons. The summed E-state index contributed by atoms with van der Waals surface area (Å²) in [7, 11) is 2.11. The molecule has 3 N–H and O–H groups in total. The van der Waals surface area contributed by atoms with Gasteiger partial charge in [-0.3, -0.25) is 4.98 Å². The Hall–Kier alpha value is -2.66. The van der Waals surface area contributed by atoms with Gasteiger partial charge < -0.3 is 16.0 Å². The molecule has 0 atom stereocenters. The van der Waals surface area contributed by atoms with Crippen molar-refractivity contribution in [1.82, 2.24) is 15.2 Å². The maximum Gasteiger partial charge on any atom is 0.130 e. The van der Waals surface area contributed by atoms with Crippen molar-refractivity contribution in [2.75, 3.05) is 20.1 Å². The van der Waals surface area contributed by atoms with E-state index in [0.717, 1.165) is 42.9 Å². The van der Waals surface area contributed by atoms with Gasteiger partial charge in [-0.25, -0.2) is 4.99 Å². The van der Waals surface area contributed by atoms with Gasteiger partial charge in [-0.2, -0.15) is 0 Å². The molecule has 0 amide bonds. The lowest BCUT2D eigenvalue weighted by Crippen LogP contribution is -2.37. The zero-order valence-corrected chi connectivity index (χ0v) is 14.9. The number of hydrogen-bond donors (Lipinski definition) is 2. The van der Waals surface area contributed by atoms with E-state index in [9.17, 15) is 0 Å². The molecule has 1 aliphatic heterocycles. The smallest absolute Gasteiger partial charge is 0.130 e. The highest BCUT2D eigenvalue weighted by Gasteiger charge is 2.19. The van der Waals surface area contributed by atoms with Crippen LogP contribution in [0.15, 0.2) is 65.1 Å². The molecule has 1 aliphatic rings. The van der Waals surface area contributed by atoms with Crippen LogP contribution in [0.25, 0.3) is 0 Å². The Morgan fingerprint density at radius 2 is 2.20 bits per heavy atom. The first-order chi connectivity index (χ1) is 12.1. The minimum Gasteiger partial charge on any atom is -0.384 e. The summed E-state index contributed by atoms with van der Waals surface area (Å²) in [4.78, 5) is 11.1. The average Bonchev–Trinajstić information content (AvgIpc) is 2.61. The first kappa shape index (κ1) is 17.2. The normalized spacial score (nSPS) is 16.2. The van der Waals surface area contributed by atoms with E-state index < -0.39 is 0 Å². The molecular formula is C20H25N5. The average molecular weight is 335 g/mol. The lowest BCUT2D eigenvalue weighted by Gasteiger charge is -2.28. The molecular weight excluding hydrogens is 310 g/mol. The second kappa shape index (κ2) is 7.94. The van der Waals surface area contributed by atoms with Crippen LogP contribution in [0.3, 0.4) is 0 Å². The number of aryl methyl sites for hydroxylation is 1. The predicted molar refractivity (Wildman–Crippen MR) is 103 cm³/mol. The fourth-order valence-corrected chi connectivity index (χ4v) is 2.94. The Kier molecular flexibility index (Phi) is 5.46. The second-order valence-electron chi connectivity index (χ2n) is 6.50. The van der Waals surface area contributed by atoms with Crippen molar-refractivity contribution in [1.29, 1.82) is 0 Å². The molecule has 130 valence electrons. The standard InChI is InChI=1S/C20H25N5/c1-15-5-3-7-17(11-15)24-20(21)18-14-25(2)10-8-19(18)23-13-16-6-4-9-22-12-16/h3-7,9,11-12,23H,8,10,13-14H2,1-2H3,(H2,21,24). The van der Waals surface area contributed by atoms with E-state index in [0.29, 0.717) is 5.84 Å². The van der Waals surface area contributed by atoms with Gasteiger partial charge in [-0.1, -0.05) is 18.2 Å². The quantitative estimate of drug-likeness (QED) is 0.651. The molecule has 0 unspecified atom stereocenters. The van der Waals surface area contributed by atoms with Crippen molar-refractivity contribution in [3.63, 3.8) is 0 Å². The Bertz CT molecular complexity index is 780. The summed E-state index contributed by atoms with van der Waals surface area (Å²) in [6.07, 6.45) is 4.61. The molecule has 0 spiro atoms. The molecule has 1 aromatic heterocycles. The third-order valence-electron chi connectivity index (χ3n) is 4.32. The lowest BCUT2D eigenvalue weighted by molar-refractivity contribution is 0.346. The third-order valence-corrected chi connectivity index (χ3v) is 4.32. The fraction of sp³-hybridized carbons (Fsp3) is 0.300. The molecule has 1 aromatic carbocycles. The molecule has 5 heteroatoms. The zero-order chi connectivity index (χ0) is 17.6. The largest absolute Gasteiger partial charge is 0.384 e. The number of aliphatic imine (C=N–C) groups is 1. The highest BCUT2D eigenvalue weighted by atomic mass is 15.1. The first-order valence-electron chi connectivity index (χ1n) is 8.56. The van der Waals surface area contributed by atoms with Crippen molar-refractivity contribution in [3.8, 4) is 0 Å². The molecule has 0 bridgehead atoms. The van der Waals surface area contributed by atoms with Crippen LogP contribution in [-0.2, 0) is 6.54 Å². The van der Waals surface area contributed by atoms with E-state index in [1.54, 1.807) is 6.20 Å². The van der Waals surface area contributed by atoms with Crippen LogP contribution < -0.4 is 11.1 Å². The second-order valence-corrected chi connectivity index (χ2v) is 6.50. The Balaban J connectivity index is 1.83. The molecule has 2 aromatic rings. The van der Waals surface area contributed by atoms with Crippen LogP contribution in [0.1, 0.15) is 17.5 Å². The molecule has 0 saturated heterocycles. The number of likely N-dealkylation sites (N-methyl/N-ethyl adjacent to an activating group) is 1. The van der Waals surface area contributed by atoms with Gasteiger partial charge in [-0.05, 0) is 43.3 Å². The lowest BCUT2D eigenvalue weighted by atomic mass is 10.0. The van der Waals surface area contributed by atoms with E-state index in [-0.39, 0.29) is 0 Å². The summed E-state index contributed by atoms with van der Waals surface area (Å²) >= 11 is 0. The summed E-state index contributed by atoms with van der Waals surface area (Å²) in [5.41, 5.74) is 11.9. The van der Waals surface area contributed by atoms with E-state index in [4.69, 9.17) is 5.73 Å². The van der Waals surface area contributed by atoms with Crippen LogP contribution in [-0.4, -0.2) is 35.9 Å². The number of pyridine rings is 1. The van der Waals surface area contributed by atoms with E-state index in [1.165, 1.54) is 11.3 Å². The van der Waals surface area contributed by atoms with E-state index in [1.807, 2.05) is 30.5 Å². The van der Waals surface area contributed by atoms with Crippen LogP contribution in [0, 0.1) is 6.92 Å². The molecule has 0 saturated carbocycles. The van der Waals surface area contributed by atoms with Gasteiger partial charge in [0.15, 0.2) is 0 Å². The summed E-state index contributed by atoms with van der Waals surface area (Å²) < 4.78 is 0. The number of nitrogens with zero attached hydrogens (tertiary/aromatic N) is 3. The van der Waals surface area contributed by atoms with Crippen molar-refractivity contribution >= 4 is 11.5 Å². The first-order valence-corrected chi connectivity index (χ1v) is 8.56. The summed E-state index contributed by atoms with van der Waals surface area (Å²) in [5, 5.41) is 3.54. The number of benzene rings is 1. The van der Waals surface area contributed by atoms with Gasteiger partial charge >= 0.3 is 0 Å². The zero-order valence-electron chi connectivity index (χ0n) is 14.9. The highest BCUT2D eigenvalue weighted by molar-refractivity contribution is 5.99. The highest BCUT2D eigenvalue weighted by Crippen LogP contribution is 2.19. The maximum absolute atomic E-state index is 6.37. The van der Waals surface area contributed by atoms with Crippen LogP contribution in [0.4, 0.5) is 5.69 Å². The topological polar surface area (TPSA) is 66.5 Å². The molecule has 0 fully saturated rings. The van der Waals surface area contributed by atoms with Crippen molar-refractivity contribution in [2.24, 2.45) is 10.7 Å². The van der Waals surface area contributed by atoms with Gasteiger partial charge in [0.2, 0.25) is 0 Å². The van der Waals surface area contributed by atoms with E-state index >= 15 is 0 Å². The number of hydrogen-bond acceptors (Lipinski definition) is 4. The Labute approximate surface area is 149 Å². The minimum atomic E-state index is 0.589. The summed E-state index contributed by atoms with van der Waals surface area (Å²) in [6, 6.07) is 12.1. The van der Waals surface area contributed by atoms with Crippen molar-refractivity contribution in [3.05, 3.63) is 71.2 Å². The van der Waals surface area contributed by atoms with Crippen LogP contribution in [0.2, 0.25) is 0 Å². The molecule has 3 rings (SSSR count).